The van der Waals surface area contributed by atoms with Crippen LogP contribution in [0.5, 0.6) is 11.6 Å². The van der Waals surface area contributed by atoms with Crippen molar-refractivity contribution in [3.8, 4) is 28.6 Å². The maximum absolute atomic E-state index is 15.8. The molecule has 0 bridgehead atoms. The van der Waals surface area contributed by atoms with E-state index in [1.54, 1.807) is 75.4 Å². The van der Waals surface area contributed by atoms with Crippen molar-refractivity contribution in [2.24, 2.45) is 0 Å². The van der Waals surface area contributed by atoms with Gasteiger partial charge in [-0.1, -0.05) is 42.5 Å². The fraction of sp³-hybridized carbons (Fsp3) is 0.219. The number of ether oxygens (including phenoxy) is 3. The van der Waals surface area contributed by atoms with Crippen molar-refractivity contribution in [2.45, 2.75) is 39.2 Å². The van der Waals surface area contributed by atoms with E-state index >= 15 is 8.78 Å². The summed E-state index contributed by atoms with van der Waals surface area (Å²) in [7, 11) is 0. The summed E-state index contributed by atoms with van der Waals surface area (Å²) in [5, 5.41) is 2.60. The Bertz CT molecular complexity index is 1820. The molecule has 0 radical (unpaired) electrons. The number of nitrogens with zero attached hydrogens (tertiary/aromatic N) is 3. The zero-order valence-corrected chi connectivity index (χ0v) is 24.3. The van der Waals surface area contributed by atoms with E-state index in [1.807, 2.05) is 0 Å². The third-order valence-corrected chi connectivity index (χ3v) is 6.23. The molecule has 0 aliphatic rings. The zero-order chi connectivity index (χ0) is 32.4. The predicted octanol–water partition coefficient (Wildman–Crippen LogP) is 8.23. The molecule has 0 aliphatic carbocycles. The molecule has 0 spiro atoms. The number of carbonyl (C=O) groups excluding carboxylic acids is 1. The van der Waals surface area contributed by atoms with Crippen molar-refractivity contribution in [1.29, 1.82) is 0 Å². The summed E-state index contributed by atoms with van der Waals surface area (Å²) >= 11 is 0. The van der Waals surface area contributed by atoms with Crippen molar-refractivity contribution < 1.29 is 41.0 Å². The number of anilines is 1. The predicted molar refractivity (Wildman–Crippen MR) is 156 cm³/mol. The topological polar surface area (TPSA) is 87.5 Å². The second kappa shape index (κ2) is 12.4. The van der Waals surface area contributed by atoms with Gasteiger partial charge in [0.25, 0.3) is 0 Å². The highest BCUT2D eigenvalue weighted by molar-refractivity contribution is 5.90. The summed E-state index contributed by atoms with van der Waals surface area (Å²) in [6.07, 6.45) is -4.37. The van der Waals surface area contributed by atoms with Gasteiger partial charge in [0.2, 0.25) is 5.88 Å². The minimum Gasteiger partial charge on any atom is -0.486 e. The molecule has 45 heavy (non-hydrogen) atoms. The van der Waals surface area contributed by atoms with Crippen LogP contribution in [-0.4, -0.2) is 39.0 Å². The van der Waals surface area contributed by atoms with Crippen molar-refractivity contribution in [1.82, 2.24) is 14.5 Å². The monoisotopic (exact) mass is 626 g/mol. The van der Waals surface area contributed by atoms with Crippen LogP contribution in [0.2, 0.25) is 0 Å². The van der Waals surface area contributed by atoms with Crippen molar-refractivity contribution in [3.05, 3.63) is 96.3 Å². The fourth-order valence-corrected chi connectivity index (χ4v) is 4.41. The molecule has 0 unspecified atom stereocenters. The summed E-state index contributed by atoms with van der Waals surface area (Å²) in [6.45, 7) is 3.45. The van der Waals surface area contributed by atoms with Gasteiger partial charge >= 0.3 is 12.3 Å². The molecule has 5 aromatic rings. The van der Waals surface area contributed by atoms with E-state index in [2.05, 4.69) is 15.3 Å². The lowest BCUT2D eigenvalue weighted by atomic mass is 10.1. The number of nitrogens with one attached hydrogen (secondary N) is 1. The Kier molecular flexibility index (Phi) is 8.62. The van der Waals surface area contributed by atoms with Gasteiger partial charge in [-0.3, -0.25) is 5.32 Å². The summed E-state index contributed by atoms with van der Waals surface area (Å²) in [6, 6.07) is 18.3. The van der Waals surface area contributed by atoms with Crippen molar-refractivity contribution in [3.63, 3.8) is 0 Å². The van der Waals surface area contributed by atoms with Gasteiger partial charge in [-0.2, -0.15) is 18.2 Å². The first-order valence-corrected chi connectivity index (χ1v) is 13.6. The van der Waals surface area contributed by atoms with Crippen LogP contribution in [0.25, 0.3) is 28.0 Å². The number of rotatable bonds is 8. The normalized spacial score (nSPS) is 11.8. The number of halogens is 5. The Hall–Kier alpha value is -5.20. The molecule has 234 valence electrons. The number of hydrogen-bond acceptors (Lipinski definition) is 6. The molecule has 5 rings (SSSR count). The number of fused-ring (bicyclic) bond motifs is 1. The van der Waals surface area contributed by atoms with Crippen LogP contribution in [-0.2, 0) is 11.3 Å². The Balaban J connectivity index is 1.58. The van der Waals surface area contributed by atoms with Crippen LogP contribution in [0, 0.1) is 11.6 Å². The first kappa shape index (κ1) is 31.2. The van der Waals surface area contributed by atoms with Crippen LogP contribution >= 0.6 is 0 Å². The maximum atomic E-state index is 15.8. The van der Waals surface area contributed by atoms with E-state index in [1.165, 1.54) is 10.6 Å². The summed E-state index contributed by atoms with van der Waals surface area (Å²) in [5.74, 6) is -2.70. The first-order valence-electron chi connectivity index (χ1n) is 13.6. The Morgan fingerprint density at radius 1 is 0.889 bits per heavy atom. The van der Waals surface area contributed by atoms with E-state index in [9.17, 15) is 18.0 Å². The SMILES string of the molecule is CC(C)(C)OC(=O)Nc1ccc(-c2cc3ncnc(OCC(F)(F)F)c3n2-c2cc(F)c(OCc3ccccc3)cc2F)cc1. The van der Waals surface area contributed by atoms with E-state index in [0.717, 1.165) is 24.0 Å². The van der Waals surface area contributed by atoms with E-state index < -0.39 is 42.0 Å². The van der Waals surface area contributed by atoms with E-state index in [4.69, 9.17) is 14.2 Å². The average Bonchev–Trinajstić information content (AvgIpc) is 3.36. The lowest BCUT2D eigenvalue weighted by molar-refractivity contribution is -0.153. The number of alkyl halides is 3. The Morgan fingerprint density at radius 2 is 1.60 bits per heavy atom. The Morgan fingerprint density at radius 3 is 2.27 bits per heavy atom. The molecule has 3 aromatic carbocycles. The molecule has 1 N–H and O–H groups in total. The molecule has 0 saturated heterocycles. The molecule has 8 nitrogen and oxygen atoms in total. The summed E-state index contributed by atoms with van der Waals surface area (Å²) < 4.78 is 87.3. The molecule has 0 atom stereocenters. The second-order valence-corrected chi connectivity index (χ2v) is 10.9. The molecular weight excluding hydrogens is 599 g/mol. The van der Waals surface area contributed by atoms with Gasteiger partial charge < -0.3 is 18.8 Å². The summed E-state index contributed by atoms with van der Waals surface area (Å²) in [5.41, 5.74) is 0.666. The van der Waals surface area contributed by atoms with Crippen LogP contribution in [0.4, 0.5) is 32.4 Å². The number of amides is 1. The minimum absolute atomic E-state index is 0.0266. The Labute approximate surface area is 254 Å². The second-order valence-electron chi connectivity index (χ2n) is 10.9. The number of carbonyl (C=O) groups is 1. The van der Waals surface area contributed by atoms with Crippen LogP contribution in [0.3, 0.4) is 0 Å². The minimum atomic E-state index is -4.69. The third kappa shape index (κ3) is 7.66. The largest absolute Gasteiger partial charge is 0.486 e. The van der Waals surface area contributed by atoms with Crippen molar-refractivity contribution in [2.75, 3.05) is 11.9 Å². The van der Waals surface area contributed by atoms with Gasteiger partial charge in [0.15, 0.2) is 24.0 Å². The molecule has 0 fully saturated rings. The van der Waals surface area contributed by atoms with Gasteiger partial charge in [-0.25, -0.2) is 18.6 Å². The molecule has 0 aliphatic heterocycles. The van der Waals surface area contributed by atoms with E-state index in [0.29, 0.717) is 11.3 Å². The number of hydrogen-bond donors (Lipinski definition) is 1. The number of aromatic nitrogens is 3. The van der Waals surface area contributed by atoms with E-state index in [-0.39, 0.29) is 34.8 Å². The zero-order valence-electron chi connectivity index (χ0n) is 24.3. The summed E-state index contributed by atoms with van der Waals surface area (Å²) in [4.78, 5) is 20.2. The molecule has 1 amide bonds. The van der Waals surface area contributed by atoms with Crippen LogP contribution < -0.4 is 14.8 Å². The quantitative estimate of drug-likeness (QED) is 0.175. The highest BCUT2D eigenvalue weighted by atomic mass is 19.4. The maximum Gasteiger partial charge on any atom is 0.422 e. The smallest absolute Gasteiger partial charge is 0.422 e. The highest BCUT2D eigenvalue weighted by Gasteiger charge is 2.30. The highest BCUT2D eigenvalue weighted by Crippen LogP contribution is 2.37. The third-order valence-electron chi connectivity index (χ3n) is 6.23. The molecule has 2 heterocycles. The number of benzene rings is 3. The van der Waals surface area contributed by atoms with Crippen LogP contribution in [0.15, 0.2) is 79.1 Å². The van der Waals surface area contributed by atoms with Gasteiger partial charge in [0.05, 0.1) is 16.9 Å². The lowest BCUT2D eigenvalue weighted by Crippen LogP contribution is -2.27. The lowest BCUT2D eigenvalue weighted by Gasteiger charge is -2.19. The fourth-order valence-electron chi connectivity index (χ4n) is 4.41. The van der Waals surface area contributed by atoms with Gasteiger partial charge in [0, 0.05) is 17.8 Å². The van der Waals surface area contributed by atoms with Crippen molar-refractivity contribution >= 4 is 22.8 Å². The first-order chi connectivity index (χ1) is 21.3. The van der Waals surface area contributed by atoms with Gasteiger partial charge in [-0.05, 0) is 50.1 Å². The standard InChI is InChI=1S/C32H27F5N4O4/c1-31(2,3)45-30(42)40-21-11-9-20(10-12-21)25-15-24-28(29(39-18-38-24)44-17-32(35,36)37)41(25)26-13-23(34)27(14-22(26)33)43-16-19-7-5-4-6-8-19/h4-15,18H,16-17H2,1-3H3,(H,40,42). The molecule has 13 heteroatoms. The average molecular weight is 627 g/mol. The molecular formula is C32H27F5N4O4. The molecule has 0 saturated carbocycles. The molecule has 2 aromatic heterocycles. The van der Waals surface area contributed by atoms with Gasteiger partial charge in [-0.15, -0.1) is 0 Å². The van der Waals surface area contributed by atoms with Gasteiger partial charge in [0.1, 0.15) is 24.1 Å². The van der Waals surface area contributed by atoms with Crippen LogP contribution in [0.1, 0.15) is 26.3 Å².